The molecule has 0 unspecified atom stereocenters. The lowest BCUT2D eigenvalue weighted by atomic mass is 9.80. The molecule has 0 amide bonds. The molecule has 1 aliphatic rings. The van der Waals surface area contributed by atoms with Gasteiger partial charge in [0.1, 0.15) is 0 Å². The van der Waals surface area contributed by atoms with Gasteiger partial charge >= 0.3 is 7.12 Å². The Kier molecular flexibility index (Phi) is 4.01. The van der Waals surface area contributed by atoms with E-state index in [2.05, 4.69) is 4.90 Å². The van der Waals surface area contributed by atoms with Crippen LogP contribution in [0.15, 0.2) is 24.3 Å². The summed E-state index contributed by atoms with van der Waals surface area (Å²) < 4.78 is 5.30. The molecule has 0 spiro atoms. The van der Waals surface area contributed by atoms with E-state index in [4.69, 9.17) is 14.8 Å². The molecule has 0 aromatic heterocycles. The van der Waals surface area contributed by atoms with Gasteiger partial charge in [-0.05, 0) is 17.6 Å². The minimum absolute atomic E-state index is 0.0337. The van der Waals surface area contributed by atoms with Crippen LogP contribution in [0.1, 0.15) is 0 Å². The first-order valence-electron chi connectivity index (χ1n) is 5.63. The number of rotatable bonds is 3. The van der Waals surface area contributed by atoms with Crippen LogP contribution in [-0.4, -0.2) is 54.7 Å². The second-order valence-corrected chi connectivity index (χ2v) is 4.07. The first-order chi connectivity index (χ1) is 8.22. The van der Waals surface area contributed by atoms with E-state index in [1.807, 2.05) is 12.1 Å². The number of aliphatic hydroxyl groups is 1. The van der Waals surface area contributed by atoms with Crippen LogP contribution in [0.3, 0.4) is 0 Å². The van der Waals surface area contributed by atoms with Crippen LogP contribution < -0.4 is 10.4 Å². The second-order valence-electron chi connectivity index (χ2n) is 4.07. The first-order valence-corrected chi connectivity index (χ1v) is 5.63. The van der Waals surface area contributed by atoms with Crippen molar-refractivity contribution in [2.45, 2.75) is 6.04 Å². The van der Waals surface area contributed by atoms with Crippen molar-refractivity contribution in [3.05, 3.63) is 24.3 Å². The maximum absolute atomic E-state index is 9.26. The van der Waals surface area contributed by atoms with Gasteiger partial charge in [0.15, 0.2) is 0 Å². The van der Waals surface area contributed by atoms with Gasteiger partial charge in [0.25, 0.3) is 0 Å². The van der Waals surface area contributed by atoms with Crippen LogP contribution in [0, 0.1) is 0 Å². The van der Waals surface area contributed by atoms with Crippen LogP contribution in [-0.2, 0) is 4.74 Å². The maximum Gasteiger partial charge on any atom is 0.488 e. The Bertz CT molecular complexity index is 357. The third-order valence-corrected chi connectivity index (χ3v) is 2.96. The highest BCUT2D eigenvalue weighted by Gasteiger charge is 2.22. The molecule has 6 heteroatoms. The largest absolute Gasteiger partial charge is 0.488 e. The lowest BCUT2D eigenvalue weighted by Crippen LogP contribution is -2.47. The molecule has 1 aromatic carbocycles. The van der Waals surface area contributed by atoms with E-state index in [-0.39, 0.29) is 12.6 Å². The van der Waals surface area contributed by atoms with Crippen molar-refractivity contribution in [2.75, 3.05) is 31.3 Å². The summed E-state index contributed by atoms with van der Waals surface area (Å²) in [6.45, 7) is 1.93. The summed E-state index contributed by atoms with van der Waals surface area (Å²) in [5.74, 6) is 0. The van der Waals surface area contributed by atoms with Crippen molar-refractivity contribution >= 4 is 18.3 Å². The highest BCUT2D eigenvalue weighted by atomic mass is 16.5. The van der Waals surface area contributed by atoms with Gasteiger partial charge < -0.3 is 24.8 Å². The fraction of sp³-hybridized carbons (Fsp3) is 0.455. The van der Waals surface area contributed by atoms with E-state index in [1.54, 1.807) is 12.1 Å². The summed E-state index contributed by atoms with van der Waals surface area (Å²) in [6.07, 6.45) is 0. The van der Waals surface area contributed by atoms with Crippen molar-refractivity contribution in [1.29, 1.82) is 0 Å². The van der Waals surface area contributed by atoms with Gasteiger partial charge in [-0.15, -0.1) is 0 Å². The number of hydrogen-bond acceptors (Lipinski definition) is 5. The van der Waals surface area contributed by atoms with Gasteiger partial charge in [0.2, 0.25) is 0 Å². The number of benzene rings is 1. The predicted molar refractivity (Wildman–Crippen MR) is 65.3 cm³/mol. The fourth-order valence-corrected chi connectivity index (χ4v) is 1.98. The number of ether oxygens (including phenoxy) is 1. The Morgan fingerprint density at radius 3 is 2.59 bits per heavy atom. The van der Waals surface area contributed by atoms with Crippen molar-refractivity contribution < 1.29 is 19.9 Å². The third kappa shape index (κ3) is 2.78. The fourth-order valence-electron chi connectivity index (χ4n) is 1.98. The molecule has 0 radical (unpaired) electrons. The molecule has 1 saturated heterocycles. The summed E-state index contributed by atoms with van der Waals surface area (Å²) in [7, 11) is -1.44. The Hall–Kier alpha value is -1.08. The smallest absolute Gasteiger partial charge is 0.423 e. The topological polar surface area (TPSA) is 73.2 Å². The SMILES string of the molecule is OC[C@H]1COCCN1c1ccc(B(O)O)cc1. The van der Waals surface area contributed by atoms with E-state index in [0.29, 0.717) is 18.7 Å². The molecule has 17 heavy (non-hydrogen) atoms. The van der Waals surface area contributed by atoms with Crippen LogP contribution >= 0.6 is 0 Å². The van der Waals surface area contributed by atoms with Gasteiger partial charge in [-0.1, -0.05) is 12.1 Å². The van der Waals surface area contributed by atoms with E-state index in [9.17, 15) is 5.11 Å². The first kappa shape index (κ1) is 12.4. The maximum atomic E-state index is 9.26. The third-order valence-electron chi connectivity index (χ3n) is 2.96. The minimum Gasteiger partial charge on any atom is -0.423 e. The molecule has 0 saturated carbocycles. The second kappa shape index (κ2) is 5.51. The van der Waals surface area contributed by atoms with E-state index in [1.165, 1.54) is 0 Å². The molecular weight excluding hydrogens is 221 g/mol. The molecule has 1 fully saturated rings. The summed E-state index contributed by atoms with van der Waals surface area (Å²) in [4.78, 5) is 2.07. The molecule has 0 bridgehead atoms. The van der Waals surface area contributed by atoms with Gasteiger partial charge in [0, 0.05) is 12.2 Å². The standard InChI is InChI=1S/C11H16BNO4/c14-7-11-8-17-6-5-13(11)10-3-1-9(2-4-10)12(15)16/h1-4,11,14-16H,5-8H2/t11-/m0/s1. The van der Waals surface area contributed by atoms with E-state index in [0.717, 1.165) is 12.2 Å². The highest BCUT2D eigenvalue weighted by molar-refractivity contribution is 6.58. The zero-order chi connectivity index (χ0) is 12.3. The highest BCUT2D eigenvalue weighted by Crippen LogP contribution is 2.18. The Balaban J connectivity index is 2.15. The van der Waals surface area contributed by atoms with Gasteiger partial charge in [-0.25, -0.2) is 0 Å². The average Bonchev–Trinajstić information content (AvgIpc) is 2.39. The van der Waals surface area contributed by atoms with Crippen molar-refractivity contribution in [3.8, 4) is 0 Å². The van der Waals surface area contributed by atoms with Crippen molar-refractivity contribution in [1.82, 2.24) is 0 Å². The summed E-state index contributed by atoms with van der Waals surface area (Å²) >= 11 is 0. The summed E-state index contributed by atoms with van der Waals surface area (Å²) in [5.41, 5.74) is 1.42. The Morgan fingerprint density at radius 2 is 2.00 bits per heavy atom. The lowest BCUT2D eigenvalue weighted by molar-refractivity contribution is 0.0727. The molecular formula is C11H16BNO4. The zero-order valence-electron chi connectivity index (χ0n) is 9.49. The molecule has 3 N–H and O–H groups in total. The van der Waals surface area contributed by atoms with Crippen molar-refractivity contribution in [3.63, 3.8) is 0 Å². The van der Waals surface area contributed by atoms with Gasteiger partial charge in [-0.3, -0.25) is 0 Å². The number of aliphatic hydroxyl groups excluding tert-OH is 1. The molecule has 1 heterocycles. The summed E-state index contributed by atoms with van der Waals surface area (Å²) in [5, 5.41) is 27.3. The number of morpholine rings is 1. The number of nitrogens with zero attached hydrogens (tertiary/aromatic N) is 1. The molecule has 1 aromatic rings. The molecule has 2 rings (SSSR count). The zero-order valence-corrected chi connectivity index (χ0v) is 9.49. The summed E-state index contributed by atoms with van der Waals surface area (Å²) in [6, 6.07) is 6.95. The molecule has 1 aliphatic heterocycles. The monoisotopic (exact) mass is 237 g/mol. The quantitative estimate of drug-likeness (QED) is 0.562. The molecule has 5 nitrogen and oxygen atoms in total. The minimum atomic E-state index is -1.44. The Morgan fingerprint density at radius 1 is 1.29 bits per heavy atom. The molecule has 1 atom stereocenters. The lowest BCUT2D eigenvalue weighted by Gasteiger charge is -2.36. The normalized spacial score (nSPS) is 20.4. The van der Waals surface area contributed by atoms with Crippen molar-refractivity contribution in [2.24, 2.45) is 0 Å². The van der Waals surface area contributed by atoms with Crippen LogP contribution in [0.4, 0.5) is 5.69 Å². The number of anilines is 1. The predicted octanol–water partition coefficient (Wildman–Crippen LogP) is -1.44. The van der Waals surface area contributed by atoms with Crippen LogP contribution in [0.2, 0.25) is 0 Å². The number of hydrogen-bond donors (Lipinski definition) is 3. The van der Waals surface area contributed by atoms with Crippen LogP contribution in [0.25, 0.3) is 0 Å². The van der Waals surface area contributed by atoms with E-state index < -0.39 is 7.12 Å². The molecule has 0 aliphatic carbocycles. The van der Waals surface area contributed by atoms with E-state index >= 15 is 0 Å². The Labute approximate surface area is 100 Å². The van der Waals surface area contributed by atoms with Gasteiger partial charge in [0.05, 0.1) is 25.9 Å². The average molecular weight is 237 g/mol. The molecule has 92 valence electrons. The van der Waals surface area contributed by atoms with Crippen LogP contribution in [0.5, 0.6) is 0 Å². The van der Waals surface area contributed by atoms with Gasteiger partial charge in [-0.2, -0.15) is 0 Å².